The zero-order valence-corrected chi connectivity index (χ0v) is 13.6. The minimum Gasteiger partial charge on any atom is -0.396 e. The molecule has 2 rings (SSSR count). The number of aliphatic hydroxyl groups excluding tert-OH is 1. The molecule has 0 radical (unpaired) electrons. The summed E-state index contributed by atoms with van der Waals surface area (Å²) >= 11 is 0. The van der Waals surface area contributed by atoms with Crippen molar-refractivity contribution in [3.05, 3.63) is 36.0 Å². The van der Waals surface area contributed by atoms with Gasteiger partial charge in [0.05, 0.1) is 6.61 Å². The number of aromatic amines is 1. The Morgan fingerprint density at radius 2 is 1.96 bits per heavy atom. The number of hydrogen-bond donors (Lipinski definition) is 4. The standard InChI is InChI=1S/C14H17N3O3.C3H8/c15-14(20)12(17-13(19)5-6-18)7-9-8-16-11-4-2-1-3-10(9)11;1-3-2/h1-4,8,12,16,18H,5-7H2,(H2,15,20)(H,17,19);3H2,1-2H3/t12-;/m0./s1. The third-order valence-electron chi connectivity index (χ3n) is 3.12. The summed E-state index contributed by atoms with van der Waals surface area (Å²) in [6.07, 6.45) is 3.33. The molecule has 6 nitrogen and oxygen atoms in total. The predicted molar refractivity (Wildman–Crippen MR) is 90.8 cm³/mol. The van der Waals surface area contributed by atoms with E-state index in [-0.39, 0.29) is 13.0 Å². The molecule has 6 heteroatoms. The first-order chi connectivity index (χ1) is 11.0. The zero-order valence-electron chi connectivity index (χ0n) is 13.6. The van der Waals surface area contributed by atoms with Crippen molar-refractivity contribution in [1.29, 1.82) is 0 Å². The van der Waals surface area contributed by atoms with Crippen molar-refractivity contribution in [2.75, 3.05) is 6.61 Å². The molecule has 0 spiro atoms. The first-order valence-electron chi connectivity index (χ1n) is 7.77. The van der Waals surface area contributed by atoms with Gasteiger partial charge in [-0.25, -0.2) is 0 Å². The molecule has 0 saturated carbocycles. The normalized spacial score (nSPS) is 11.4. The molecule has 1 atom stereocenters. The van der Waals surface area contributed by atoms with Crippen LogP contribution in [0.1, 0.15) is 32.3 Å². The van der Waals surface area contributed by atoms with Gasteiger partial charge in [-0.1, -0.05) is 38.5 Å². The molecule has 1 aromatic heterocycles. The maximum absolute atomic E-state index is 11.5. The molecule has 0 unspecified atom stereocenters. The van der Waals surface area contributed by atoms with Crippen LogP contribution >= 0.6 is 0 Å². The van der Waals surface area contributed by atoms with Crippen LogP contribution in [0, 0.1) is 0 Å². The maximum Gasteiger partial charge on any atom is 0.240 e. The van der Waals surface area contributed by atoms with E-state index in [1.807, 2.05) is 24.3 Å². The lowest BCUT2D eigenvalue weighted by atomic mass is 10.0. The minimum atomic E-state index is -0.784. The van der Waals surface area contributed by atoms with Gasteiger partial charge < -0.3 is 21.1 Å². The molecule has 0 aliphatic heterocycles. The lowest BCUT2D eigenvalue weighted by Crippen LogP contribution is -2.46. The summed E-state index contributed by atoms with van der Waals surface area (Å²) in [7, 11) is 0. The average Bonchev–Trinajstić information content (AvgIpc) is 2.91. The number of carbonyl (C=O) groups excluding carboxylic acids is 2. The molecule has 0 saturated heterocycles. The summed E-state index contributed by atoms with van der Waals surface area (Å²) in [6.45, 7) is 3.99. The summed E-state index contributed by atoms with van der Waals surface area (Å²) < 4.78 is 0. The van der Waals surface area contributed by atoms with Crippen molar-refractivity contribution in [1.82, 2.24) is 10.3 Å². The molecule has 0 bridgehead atoms. The SMILES string of the molecule is CCC.NC(=O)[C@H](Cc1c[nH]c2ccccc12)NC(=O)CCO. The lowest BCUT2D eigenvalue weighted by Gasteiger charge is -2.14. The van der Waals surface area contributed by atoms with Crippen LogP contribution in [-0.2, 0) is 16.0 Å². The molecule has 2 amide bonds. The van der Waals surface area contributed by atoms with E-state index in [1.165, 1.54) is 6.42 Å². The van der Waals surface area contributed by atoms with Gasteiger partial charge in [0.25, 0.3) is 0 Å². The summed E-state index contributed by atoms with van der Waals surface area (Å²) in [6, 6.07) is 6.91. The number of nitrogens with one attached hydrogen (secondary N) is 2. The largest absolute Gasteiger partial charge is 0.396 e. The molecule has 0 aliphatic carbocycles. The Labute approximate surface area is 136 Å². The molecule has 1 heterocycles. The molecular weight excluding hydrogens is 294 g/mol. The average molecular weight is 319 g/mol. The Hall–Kier alpha value is -2.34. The van der Waals surface area contributed by atoms with Gasteiger partial charge in [-0.15, -0.1) is 0 Å². The fraction of sp³-hybridized carbons (Fsp3) is 0.412. The monoisotopic (exact) mass is 319 g/mol. The summed E-state index contributed by atoms with van der Waals surface area (Å²) in [5.74, 6) is -0.988. The fourth-order valence-corrected chi connectivity index (χ4v) is 2.11. The van der Waals surface area contributed by atoms with Crippen molar-refractivity contribution in [3.8, 4) is 0 Å². The van der Waals surface area contributed by atoms with E-state index in [9.17, 15) is 9.59 Å². The van der Waals surface area contributed by atoms with Gasteiger partial charge in [-0.05, 0) is 11.6 Å². The first-order valence-corrected chi connectivity index (χ1v) is 7.77. The number of amides is 2. The molecule has 126 valence electrons. The highest BCUT2D eigenvalue weighted by Gasteiger charge is 2.19. The van der Waals surface area contributed by atoms with Crippen LogP contribution in [-0.4, -0.2) is 34.6 Å². The van der Waals surface area contributed by atoms with Crippen molar-refractivity contribution in [2.24, 2.45) is 5.73 Å². The van der Waals surface area contributed by atoms with Gasteiger partial charge in [0.1, 0.15) is 6.04 Å². The topological polar surface area (TPSA) is 108 Å². The number of H-pyrrole nitrogens is 1. The van der Waals surface area contributed by atoms with E-state index in [0.717, 1.165) is 16.5 Å². The summed E-state index contributed by atoms with van der Waals surface area (Å²) in [5, 5.41) is 12.2. The molecule has 0 aliphatic rings. The van der Waals surface area contributed by atoms with Crippen LogP contribution in [0.25, 0.3) is 10.9 Å². The highest BCUT2D eigenvalue weighted by Crippen LogP contribution is 2.19. The smallest absolute Gasteiger partial charge is 0.240 e. The lowest BCUT2D eigenvalue weighted by molar-refractivity contribution is -0.127. The van der Waals surface area contributed by atoms with Crippen LogP contribution in [0.15, 0.2) is 30.5 Å². The van der Waals surface area contributed by atoms with E-state index in [0.29, 0.717) is 6.42 Å². The van der Waals surface area contributed by atoms with Gasteiger partial charge >= 0.3 is 0 Å². The molecule has 23 heavy (non-hydrogen) atoms. The third-order valence-corrected chi connectivity index (χ3v) is 3.12. The Balaban J connectivity index is 0.000000816. The Morgan fingerprint density at radius 3 is 2.57 bits per heavy atom. The molecule has 5 N–H and O–H groups in total. The van der Waals surface area contributed by atoms with Gasteiger partial charge in [0.2, 0.25) is 11.8 Å². The van der Waals surface area contributed by atoms with Gasteiger partial charge in [-0.2, -0.15) is 0 Å². The first kappa shape index (κ1) is 18.7. The van der Waals surface area contributed by atoms with Crippen LogP contribution < -0.4 is 11.1 Å². The molecule has 1 aromatic carbocycles. The van der Waals surface area contributed by atoms with Crippen molar-refractivity contribution >= 4 is 22.7 Å². The molecular formula is C17H25N3O3. The maximum atomic E-state index is 11.5. The highest BCUT2D eigenvalue weighted by molar-refractivity contribution is 5.88. The van der Waals surface area contributed by atoms with Crippen LogP contribution in [0.3, 0.4) is 0 Å². The van der Waals surface area contributed by atoms with E-state index in [4.69, 9.17) is 10.8 Å². The number of fused-ring (bicyclic) bond motifs is 1. The van der Waals surface area contributed by atoms with Crippen molar-refractivity contribution in [3.63, 3.8) is 0 Å². The quantitative estimate of drug-likeness (QED) is 0.647. The second-order valence-electron chi connectivity index (χ2n) is 5.27. The zero-order chi connectivity index (χ0) is 17.2. The minimum absolute atomic E-state index is 0.0440. The van der Waals surface area contributed by atoms with E-state index < -0.39 is 17.9 Å². The van der Waals surface area contributed by atoms with E-state index in [2.05, 4.69) is 24.1 Å². The second-order valence-corrected chi connectivity index (χ2v) is 5.27. The number of benzene rings is 1. The van der Waals surface area contributed by atoms with E-state index in [1.54, 1.807) is 6.20 Å². The van der Waals surface area contributed by atoms with Gasteiger partial charge in [0.15, 0.2) is 0 Å². The fourth-order valence-electron chi connectivity index (χ4n) is 2.11. The van der Waals surface area contributed by atoms with Crippen molar-refractivity contribution < 1.29 is 14.7 Å². The number of primary amides is 1. The summed E-state index contributed by atoms with van der Waals surface area (Å²) in [4.78, 5) is 26.0. The molecule has 0 fully saturated rings. The predicted octanol–water partition coefficient (Wildman–Crippen LogP) is 1.48. The number of aliphatic hydroxyl groups is 1. The van der Waals surface area contributed by atoms with Gasteiger partial charge in [-0.3, -0.25) is 9.59 Å². The van der Waals surface area contributed by atoms with Crippen LogP contribution in [0.4, 0.5) is 0 Å². The third kappa shape index (κ3) is 5.75. The molecule has 2 aromatic rings. The Kier molecular flexibility index (Phi) is 7.83. The number of nitrogens with two attached hydrogens (primary N) is 1. The number of carbonyl (C=O) groups is 2. The van der Waals surface area contributed by atoms with E-state index >= 15 is 0 Å². The van der Waals surface area contributed by atoms with Crippen LogP contribution in [0.5, 0.6) is 0 Å². The van der Waals surface area contributed by atoms with Gasteiger partial charge in [0, 0.05) is 29.9 Å². The number of para-hydroxylation sites is 1. The summed E-state index contributed by atoms with van der Waals surface area (Å²) in [5.41, 5.74) is 7.19. The number of aromatic nitrogens is 1. The Morgan fingerprint density at radius 1 is 1.30 bits per heavy atom. The highest BCUT2D eigenvalue weighted by atomic mass is 16.3. The van der Waals surface area contributed by atoms with Crippen molar-refractivity contribution in [2.45, 2.75) is 39.2 Å². The number of hydrogen-bond acceptors (Lipinski definition) is 3. The van der Waals surface area contributed by atoms with Crippen LogP contribution in [0.2, 0.25) is 0 Å². The number of rotatable bonds is 6. The Bertz CT molecular complexity index is 637. The second kappa shape index (κ2) is 9.63.